The molecule has 1 amide bonds. The van der Waals surface area contributed by atoms with E-state index in [9.17, 15) is 14.4 Å². The van der Waals surface area contributed by atoms with Gasteiger partial charge in [-0.2, -0.15) is 0 Å². The lowest BCUT2D eigenvalue weighted by molar-refractivity contribution is -0.119. The van der Waals surface area contributed by atoms with E-state index >= 15 is 0 Å². The summed E-state index contributed by atoms with van der Waals surface area (Å²) in [6.45, 7) is 4.15. The van der Waals surface area contributed by atoms with E-state index in [1.807, 2.05) is 24.3 Å². The van der Waals surface area contributed by atoms with Crippen molar-refractivity contribution >= 4 is 45.1 Å². The Morgan fingerprint density at radius 3 is 2.66 bits per heavy atom. The molecule has 3 heterocycles. The van der Waals surface area contributed by atoms with E-state index in [2.05, 4.69) is 17.1 Å². The normalized spacial score (nSPS) is 15.3. The van der Waals surface area contributed by atoms with E-state index in [0.29, 0.717) is 22.7 Å². The molecular weight excluding hydrogens is 502 g/mol. The lowest BCUT2D eigenvalue weighted by Crippen LogP contribution is -2.33. The largest absolute Gasteiger partial charge is 0.465 e. The minimum atomic E-state index is -0.538. The predicted molar refractivity (Wildman–Crippen MR) is 147 cm³/mol. The third-order valence-corrected chi connectivity index (χ3v) is 8.47. The quantitative estimate of drug-likeness (QED) is 0.339. The van der Waals surface area contributed by atoms with Gasteiger partial charge >= 0.3 is 11.9 Å². The number of hydrogen-bond acceptors (Lipinski definition) is 8. The number of nitrogens with one attached hydrogen (secondary N) is 1. The van der Waals surface area contributed by atoms with Crippen LogP contribution in [0.5, 0.6) is 0 Å². The zero-order chi connectivity index (χ0) is 26.6. The number of benzene rings is 1. The molecule has 8 nitrogen and oxygen atoms in total. The van der Waals surface area contributed by atoms with Gasteiger partial charge in [0.1, 0.15) is 5.00 Å². The molecule has 0 unspecified atom stereocenters. The summed E-state index contributed by atoms with van der Waals surface area (Å²) >= 11 is 1.42. The zero-order valence-corrected chi connectivity index (χ0v) is 22.7. The molecule has 0 spiro atoms. The molecule has 1 aliphatic carbocycles. The summed E-state index contributed by atoms with van der Waals surface area (Å²) in [5.41, 5.74) is 4.42. The fourth-order valence-corrected chi connectivity index (χ4v) is 6.79. The Balaban J connectivity index is 1.36. The highest BCUT2D eigenvalue weighted by Gasteiger charge is 2.28. The predicted octanol–water partition coefficient (Wildman–Crippen LogP) is 4.92. The maximum absolute atomic E-state index is 13.5. The Bertz CT molecular complexity index is 1380. The molecule has 1 aliphatic heterocycles. The van der Waals surface area contributed by atoms with Gasteiger partial charge in [0.25, 0.3) is 5.91 Å². The van der Waals surface area contributed by atoms with Gasteiger partial charge in [-0.15, -0.1) is 11.3 Å². The molecule has 1 aromatic carbocycles. The van der Waals surface area contributed by atoms with Crippen LogP contribution in [0.25, 0.3) is 10.9 Å². The highest BCUT2D eigenvalue weighted by atomic mass is 32.1. The Morgan fingerprint density at radius 1 is 1.03 bits per heavy atom. The first-order valence-electron chi connectivity index (χ1n) is 13.3. The number of carbonyl (C=O) groups excluding carboxylic acids is 3. The summed E-state index contributed by atoms with van der Waals surface area (Å²) in [4.78, 5) is 47.2. The van der Waals surface area contributed by atoms with Crippen LogP contribution in [-0.2, 0) is 40.1 Å². The topological polar surface area (TPSA) is 97.8 Å². The number of hydrogen-bond donors (Lipinski definition) is 1. The first-order valence-corrected chi connectivity index (χ1v) is 14.1. The summed E-state index contributed by atoms with van der Waals surface area (Å²) < 4.78 is 10.6. The number of thiophene rings is 1. The molecule has 200 valence electrons. The molecule has 0 fully saturated rings. The Kier molecular flexibility index (Phi) is 8.04. The molecule has 0 atom stereocenters. The molecule has 0 saturated heterocycles. The molecule has 9 heteroatoms. The number of carbonyl (C=O) groups is 3. The van der Waals surface area contributed by atoms with Crippen molar-refractivity contribution in [1.29, 1.82) is 0 Å². The third kappa shape index (κ3) is 5.31. The monoisotopic (exact) mass is 535 g/mol. The van der Waals surface area contributed by atoms with E-state index in [-0.39, 0.29) is 0 Å². The SMILES string of the molecule is CCCN1CCc2nc3ccccc3c(C(=O)OCC(=O)Nc3sc4c(c3C(=O)OC)CCCCC4)c2C1. The van der Waals surface area contributed by atoms with E-state index in [4.69, 9.17) is 14.5 Å². The van der Waals surface area contributed by atoms with E-state index < -0.39 is 24.5 Å². The van der Waals surface area contributed by atoms with Crippen molar-refractivity contribution in [3.05, 3.63) is 57.1 Å². The van der Waals surface area contributed by atoms with Crippen molar-refractivity contribution in [2.24, 2.45) is 0 Å². The highest BCUT2D eigenvalue weighted by Crippen LogP contribution is 2.38. The summed E-state index contributed by atoms with van der Waals surface area (Å²) in [6, 6.07) is 7.55. The van der Waals surface area contributed by atoms with Gasteiger partial charge in [-0.1, -0.05) is 31.5 Å². The van der Waals surface area contributed by atoms with Crippen LogP contribution in [0.1, 0.15) is 75.0 Å². The summed E-state index contributed by atoms with van der Waals surface area (Å²) in [6.07, 6.45) is 6.62. The van der Waals surface area contributed by atoms with Crippen molar-refractivity contribution in [3.63, 3.8) is 0 Å². The Morgan fingerprint density at radius 2 is 1.84 bits per heavy atom. The van der Waals surface area contributed by atoms with Crippen molar-refractivity contribution in [2.75, 3.05) is 32.1 Å². The van der Waals surface area contributed by atoms with E-state index in [1.54, 1.807) is 0 Å². The number of esters is 2. The summed E-state index contributed by atoms with van der Waals surface area (Å²) in [5, 5.41) is 4.01. The standard InChI is InChI=1S/C29H33N3O5S/c1-3-14-32-15-13-22-20(16-32)25(18-9-7-8-11-21(18)30-22)29(35)37-17-24(33)31-27-26(28(34)36-2)19-10-5-4-6-12-23(19)38-27/h7-9,11H,3-6,10,12-17H2,1-2H3,(H,31,33). The molecule has 1 N–H and O–H groups in total. The number of ether oxygens (including phenoxy) is 2. The van der Waals surface area contributed by atoms with Crippen molar-refractivity contribution in [1.82, 2.24) is 9.88 Å². The Hall–Kier alpha value is -3.30. The number of aryl methyl sites for hydroxylation is 1. The molecular formula is C29H33N3O5S. The smallest absolute Gasteiger partial charge is 0.341 e. The second-order valence-corrected chi connectivity index (χ2v) is 10.9. The van der Waals surface area contributed by atoms with Crippen molar-refractivity contribution in [3.8, 4) is 0 Å². The van der Waals surface area contributed by atoms with Gasteiger partial charge in [0.2, 0.25) is 0 Å². The van der Waals surface area contributed by atoms with Gasteiger partial charge in [-0.05, 0) is 50.3 Å². The number of para-hydroxylation sites is 1. The minimum Gasteiger partial charge on any atom is -0.465 e. The van der Waals surface area contributed by atoms with Gasteiger partial charge in [0.05, 0.1) is 23.8 Å². The van der Waals surface area contributed by atoms with E-state index in [0.717, 1.165) is 90.6 Å². The summed E-state index contributed by atoms with van der Waals surface area (Å²) in [5.74, 6) is -1.48. The maximum Gasteiger partial charge on any atom is 0.341 e. The molecule has 0 radical (unpaired) electrons. The average Bonchev–Trinajstić information content (AvgIpc) is 3.09. The molecule has 0 bridgehead atoms. The van der Waals surface area contributed by atoms with Crippen molar-refractivity contribution in [2.45, 2.75) is 58.4 Å². The fourth-order valence-electron chi connectivity index (χ4n) is 5.50. The van der Waals surface area contributed by atoms with Gasteiger partial charge in [0, 0.05) is 41.0 Å². The zero-order valence-electron chi connectivity index (χ0n) is 21.9. The Labute approximate surface area is 226 Å². The first-order chi connectivity index (χ1) is 18.5. The van der Waals surface area contributed by atoms with Crippen LogP contribution < -0.4 is 5.32 Å². The van der Waals surface area contributed by atoms with Gasteiger partial charge in [0.15, 0.2) is 6.61 Å². The summed E-state index contributed by atoms with van der Waals surface area (Å²) in [7, 11) is 1.35. The van der Waals surface area contributed by atoms with Crippen LogP contribution in [0, 0.1) is 0 Å². The number of pyridine rings is 1. The molecule has 5 rings (SSSR count). The first kappa shape index (κ1) is 26.3. The minimum absolute atomic E-state index is 0.430. The third-order valence-electron chi connectivity index (χ3n) is 7.27. The van der Waals surface area contributed by atoms with Crippen LogP contribution in [0.3, 0.4) is 0 Å². The second kappa shape index (κ2) is 11.6. The number of amides is 1. The lowest BCUT2D eigenvalue weighted by Gasteiger charge is -2.29. The molecule has 2 aliphatic rings. The molecule has 3 aromatic rings. The number of methoxy groups -OCH3 is 1. The number of fused-ring (bicyclic) bond motifs is 3. The van der Waals surface area contributed by atoms with Crippen LogP contribution in [0.2, 0.25) is 0 Å². The highest BCUT2D eigenvalue weighted by molar-refractivity contribution is 7.17. The van der Waals surface area contributed by atoms with E-state index in [1.165, 1.54) is 18.4 Å². The van der Waals surface area contributed by atoms with Crippen LogP contribution in [0.15, 0.2) is 24.3 Å². The number of rotatable bonds is 7. The van der Waals surface area contributed by atoms with Crippen LogP contribution in [-0.4, -0.2) is 54.5 Å². The van der Waals surface area contributed by atoms with Gasteiger partial charge in [-0.25, -0.2) is 9.59 Å². The fraction of sp³-hybridized carbons (Fsp3) is 0.448. The molecule has 2 aromatic heterocycles. The molecule has 38 heavy (non-hydrogen) atoms. The lowest BCUT2D eigenvalue weighted by atomic mass is 9.95. The van der Waals surface area contributed by atoms with Gasteiger partial charge in [-0.3, -0.25) is 14.7 Å². The number of aromatic nitrogens is 1. The van der Waals surface area contributed by atoms with Crippen molar-refractivity contribution < 1.29 is 23.9 Å². The average molecular weight is 536 g/mol. The number of nitrogens with zero attached hydrogens (tertiary/aromatic N) is 2. The maximum atomic E-state index is 13.5. The second-order valence-electron chi connectivity index (χ2n) is 9.84. The van der Waals surface area contributed by atoms with Crippen LogP contribution in [0.4, 0.5) is 5.00 Å². The van der Waals surface area contributed by atoms with Crippen LogP contribution >= 0.6 is 11.3 Å². The number of anilines is 1. The molecule has 0 saturated carbocycles. The van der Waals surface area contributed by atoms with Gasteiger partial charge < -0.3 is 14.8 Å².